The van der Waals surface area contributed by atoms with Crippen molar-refractivity contribution in [2.45, 2.75) is 11.3 Å². The van der Waals surface area contributed by atoms with Crippen molar-refractivity contribution in [3.05, 3.63) is 65.5 Å². The predicted octanol–water partition coefficient (Wildman–Crippen LogP) is 3.61. The molecule has 0 radical (unpaired) electrons. The largest absolute Gasteiger partial charge is 0.352 e. The number of halogens is 1. The molecule has 0 aliphatic rings. The van der Waals surface area contributed by atoms with Crippen molar-refractivity contribution >= 4 is 17.7 Å². The van der Waals surface area contributed by atoms with Gasteiger partial charge in [-0.3, -0.25) is 4.79 Å². The number of hydrogen-bond donors (Lipinski definition) is 1. The lowest BCUT2D eigenvalue weighted by atomic mass is 10.1. The van der Waals surface area contributed by atoms with Gasteiger partial charge in [0.25, 0.3) is 5.91 Å². The van der Waals surface area contributed by atoms with Gasteiger partial charge in [0.1, 0.15) is 5.82 Å². The minimum Gasteiger partial charge on any atom is -0.352 e. The van der Waals surface area contributed by atoms with E-state index in [0.29, 0.717) is 17.7 Å². The van der Waals surface area contributed by atoms with Gasteiger partial charge in [-0.1, -0.05) is 6.07 Å². The van der Waals surface area contributed by atoms with Crippen LogP contribution in [0.5, 0.6) is 0 Å². The summed E-state index contributed by atoms with van der Waals surface area (Å²) in [7, 11) is 0. The predicted molar refractivity (Wildman–Crippen MR) is 85.2 cm³/mol. The van der Waals surface area contributed by atoms with Crippen LogP contribution in [-0.2, 0) is 0 Å². The number of amides is 1. The second-order valence-corrected chi connectivity index (χ2v) is 5.77. The molecule has 3 nitrogen and oxygen atoms in total. The van der Waals surface area contributed by atoms with Crippen LogP contribution in [0.4, 0.5) is 4.39 Å². The van der Waals surface area contributed by atoms with E-state index in [0.717, 1.165) is 17.1 Å². The number of carbonyl (C=O) groups excluding carboxylic acids is 1. The van der Waals surface area contributed by atoms with Gasteiger partial charge in [-0.2, -0.15) is 5.26 Å². The first-order valence-electron chi connectivity index (χ1n) is 6.86. The van der Waals surface area contributed by atoms with E-state index >= 15 is 0 Å². The molecular weight excluding hydrogens is 299 g/mol. The Bertz CT molecular complexity index is 680. The van der Waals surface area contributed by atoms with Crippen LogP contribution >= 0.6 is 11.8 Å². The number of nitrogens with zero attached hydrogens (tertiary/aromatic N) is 1. The summed E-state index contributed by atoms with van der Waals surface area (Å²) in [5.74, 6) is 0.421. The molecule has 0 unspecified atom stereocenters. The Morgan fingerprint density at radius 1 is 1.23 bits per heavy atom. The van der Waals surface area contributed by atoms with E-state index in [1.807, 2.05) is 6.07 Å². The van der Waals surface area contributed by atoms with Crippen molar-refractivity contribution < 1.29 is 9.18 Å². The van der Waals surface area contributed by atoms with Crippen LogP contribution in [0.3, 0.4) is 0 Å². The first-order chi connectivity index (χ1) is 10.7. The van der Waals surface area contributed by atoms with Crippen molar-refractivity contribution in [3.8, 4) is 6.07 Å². The molecule has 0 aromatic heterocycles. The second kappa shape index (κ2) is 8.20. The van der Waals surface area contributed by atoms with E-state index in [2.05, 4.69) is 5.32 Å². The highest BCUT2D eigenvalue weighted by atomic mass is 32.2. The summed E-state index contributed by atoms with van der Waals surface area (Å²) < 4.78 is 12.8. The minimum atomic E-state index is -0.240. The first kappa shape index (κ1) is 16.1. The van der Waals surface area contributed by atoms with Gasteiger partial charge in [0.15, 0.2) is 0 Å². The fraction of sp³-hybridized carbons (Fsp3) is 0.176. The van der Waals surface area contributed by atoms with Crippen molar-refractivity contribution in [3.63, 3.8) is 0 Å². The van der Waals surface area contributed by atoms with Crippen LogP contribution in [0, 0.1) is 17.1 Å². The summed E-state index contributed by atoms with van der Waals surface area (Å²) in [6.45, 7) is 0.559. The van der Waals surface area contributed by atoms with E-state index in [-0.39, 0.29) is 11.7 Å². The average Bonchev–Trinajstić information content (AvgIpc) is 2.56. The number of hydrogen-bond acceptors (Lipinski definition) is 3. The third-order valence-electron chi connectivity index (χ3n) is 2.94. The molecule has 112 valence electrons. The van der Waals surface area contributed by atoms with Gasteiger partial charge in [-0.25, -0.2) is 4.39 Å². The Morgan fingerprint density at radius 2 is 2.00 bits per heavy atom. The molecule has 0 atom stereocenters. The zero-order valence-electron chi connectivity index (χ0n) is 11.9. The van der Waals surface area contributed by atoms with Crippen LogP contribution in [0.25, 0.3) is 0 Å². The number of rotatable bonds is 6. The molecule has 0 bridgehead atoms. The third kappa shape index (κ3) is 4.90. The number of thioether (sulfide) groups is 1. The Labute approximate surface area is 133 Å². The SMILES string of the molecule is N#Cc1cccc(C(=O)NCCCSc2ccc(F)cc2)c1. The molecule has 1 N–H and O–H groups in total. The Kier molecular flexibility index (Phi) is 5.99. The maximum absolute atomic E-state index is 12.8. The summed E-state index contributed by atoms with van der Waals surface area (Å²) in [5.41, 5.74) is 0.963. The number of nitriles is 1. The Morgan fingerprint density at radius 3 is 2.73 bits per heavy atom. The lowest BCUT2D eigenvalue weighted by Crippen LogP contribution is -2.24. The highest BCUT2D eigenvalue weighted by molar-refractivity contribution is 7.99. The van der Waals surface area contributed by atoms with Gasteiger partial charge < -0.3 is 5.32 Å². The summed E-state index contributed by atoms with van der Waals surface area (Å²) in [6, 6.07) is 15.0. The van der Waals surface area contributed by atoms with Gasteiger partial charge in [0, 0.05) is 17.0 Å². The van der Waals surface area contributed by atoms with Crippen molar-refractivity contribution in [1.82, 2.24) is 5.32 Å². The molecule has 0 aliphatic heterocycles. The fourth-order valence-electron chi connectivity index (χ4n) is 1.83. The first-order valence-corrected chi connectivity index (χ1v) is 7.84. The molecule has 2 aromatic carbocycles. The Balaban J connectivity index is 1.71. The highest BCUT2D eigenvalue weighted by Gasteiger charge is 2.05. The van der Waals surface area contributed by atoms with Crippen LogP contribution < -0.4 is 5.32 Å². The van der Waals surface area contributed by atoms with Crippen molar-refractivity contribution in [2.24, 2.45) is 0 Å². The standard InChI is InChI=1S/C17H15FN2OS/c18-15-5-7-16(8-6-15)22-10-2-9-20-17(21)14-4-1-3-13(11-14)12-19/h1,3-8,11H,2,9-10H2,(H,20,21). The van der Waals surface area contributed by atoms with Gasteiger partial charge in [0.2, 0.25) is 0 Å². The molecule has 2 aromatic rings. The van der Waals surface area contributed by atoms with Crippen molar-refractivity contribution in [1.29, 1.82) is 5.26 Å². The molecule has 5 heteroatoms. The van der Waals surface area contributed by atoms with Crippen molar-refractivity contribution in [2.75, 3.05) is 12.3 Å². The smallest absolute Gasteiger partial charge is 0.251 e. The Hall–Kier alpha value is -2.32. The molecule has 1 amide bonds. The molecular formula is C17H15FN2OS. The van der Waals surface area contributed by atoms with Crippen LogP contribution in [0.15, 0.2) is 53.4 Å². The summed E-state index contributed by atoms with van der Waals surface area (Å²) in [4.78, 5) is 12.9. The maximum Gasteiger partial charge on any atom is 0.251 e. The van der Waals surface area contributed by atoms with Gasteiger partial charge >= 0.3 is 0 Å². The van der Waals surface area contributed by atoms with E-state index < -0.39 is 0 Å². The quantitative estimate of drug-likeness (QED) is 0.654. The highest BCUT2D eigenvalue weighted by Crippen LogP contribution is 2.18. The third-order valence-corrected chi connectivity index (χ3v) is 4.04. The molecule has 0 heterocycles. The molecule has 0 spiro atoms. The topological polar surface area (TPSA) is 52.9 Å². The fourth-order valence-corrected chi connectivity index (χ4v) is 2.68. The van der Waals surface area contributed by atoms with Crippen LogP contribution in [0.1, 0.15) is 22.3 Å². The number of carbonyl (C=O) groups is 1. The van der Waals surface area contributed by atoms with Crippen LogP contribution in [0.2, 0.25) is 0 Å². The summed E-state index contributed by atoms with van der Waals surface area (Å²) in [6.07, 6.45) is 0.811. The van der Waals surface area contributed by atoms with E-state index in [9.17, 15) is 9.18 Å². The zero-order chi connectivity index (χ0) is 15.8. The van der Waals surface area contributed by atoms with Gasteiger partial charge in [0.05, 0.1) is 11.6 Å². The van der Waals surface area contributed by atoms with Gasteiger partial charge in [-0.15, -0.1) is 11.8 Å². The molecule has 0 saturated heterocycles. The number of nitrogens with one attached hydrogen (secondary N) is 1. The maximum atomic E-state index is 12.8. The molecule has 2 rings (SSSR count). The lowest BCUT2D eigenvalue weighted by Gasteiger charge is -2.05. The zero-order valence-corrected chi connectivity index (χ0v) is 12.7. The van der Waals surface area contributed by atoms with E-state index in [1.54, 1.807) is 48.2 Å². The molecule has 0 fully saturated rings. The second-order valence-electron chi connectivity index (χ2n) is 4.60. The average molecular weight is 314 g/mol. The molecule has 22 heavy (non-hydrogen) atoms. The lowest BCUT2D eigenvalue weighted by molar-refractivity contribution is 0.0954. The summed E-state index contributed by atoms with van der Waals surface area (Å²) >= 11 is 1.62. The van der Waals surface area contributed by atoms with Gasteiger partial charge in [-0.05, 0) is 54.6 Å². The number of benzene rings is 2. The molecule has 0 aliphatic carbocycles. The van der Waals surface area contributed by atoms with E-state index in [1.165, 1.54) is 12.1 Å². The normalized spacial score (nSPS) is 10.0. The van der Waals surface area contributed by atoms with E-state index in [4.69, 9.17) is 5.26 Å². The van der Waals surface area contributed by atoms with Crippen LogP contribution in [-0.4, -0.2) is 18.2 Å². The monoisotopic (exact) mass is 314 g/mol. The molecule has 0 saturated carbocycles. The minimum absolute atomic E-state index is 0.177. The summed E-state index contributed by atoms with van der Waals surface area (Å²) in [5, 5.41) is 11.6.